The molecule has 1 saturated carbocycles. The number of pyridine rings is 1. The molecular formula is C24H22BrN5O2. The number of benzene rings is 1. The van der Waals surface area contributed by atoms with Crippen LogP contribution in [0.5, 0.6) is 0 Å². The third-order valence-electron chi connectivity index (χ3n) is 5.94. The van der Waals surface area contributed by atoms with E-state index in [1.807, 2.05) is 0 Å². The third kappa shape index (κ3) is 3.64. The molecule has 5 rings (SSSR count). The Morgan fingerprint density at radius 2 is 1.88 bits per heavy atom. The zero-order valence-electron chi connectivity index (χ0n) is 21.9. The predicted molar refractivity (Wildman–Crippen MR) is 126 cm³/mol. The summed E-state index contributed by atoms with van der Waals surface area (Å²) < 4.78 is 42.1. The quantitative estimate of drug-likeness (QED) is 0.403. The Labute approximate surface area is 200 Å². The van der Waals surface area contributed by atoms with Crippen LogP contribution in [0.3, 0.4) is 0 Å². The Kier molecular flexibility index (Phi) is 4.05. The summed E-state index contributed by atoms with van der Waals surface area (Å²) >= 11 is 3.56. The first-order valence-corrected chi connectivity index (χ1v) is 11.0. The standard InChI is InChI=1S/C24H22BrN5O2/c25-20-21(15-6-8-16(9-7-15)24(31)32)29-23-18(13-28-30(23)22(20)26)17-10-11-19(27-12-17)14-4-2-1-3-5-14/h1-5,10-13,15-16H,6-9,26H2,(H,31,32)/i1D,2D,3D,4D,5D. The van der Waals surface area contributed by atoms with Gasteiger partial charge >= 0.3 is 5.97 Å². The van der Waals surface area contributed by atoms with Crippen molar-refractivity contribution in [3.63, 3.8) is 0 Å². The molecule has 32 heavy (non-hydrogen) atoms. The second kappa shape index (κ2) is 8.35. The SMILES string of the molecule is [2H]c1c([2H])c([2H])c(-c2ccc(-c3cnn4c(N)c(Br)c(C5CCC(C(=O)O)CC5)nc34)cn2)c([2H])c1[2H]. The molecule has 0 radical (unpaired) electrons. The minimum absolute atomic E-state index is 0.0305. The molecule has 1 aromatic carbocycles. The third-order valence-corrected chi connectivity index (χ3v) is 6.75. The van der Waals surface area contributed by atoms with Crippen LogP contribution >= 0.6 is 15.9 Å². The molecule has 7 nitrogen and oxygen atoms in total. The van der Waals surface area contributed by atoms with E-state index in [2.05, 4.69) is 26.0 Å². The summed E-state index contributed by atoms with van der Waals surface area (Å²) in [5.41, 5.74) is 9.28. The molecule has 0 atom stereocenters. The van der Waals surface area contributed by atoms with E-state index in [0.717, 1.165) is 5.69 Å². The number of hydrogen-bond acceptors (Lipinski definition) is 5. The van der Waals surface area contributed by atoms with Gasteiger partial charge in [-0.1, -0.05) is 36.3 Å². The van der Waals surface area contributed by atoms with Crippen LogP contribution in [0.4, 0.5) is 5.82 Å². The van der Waals surface area contributed by atoms with E-state index in [0.29, 0.717) is 52.7 Å². The van der Waals surface area contributed by atoms with Gasteiger partial charge in [-0.15, -0.1) is 0 Å². The summed E-state index contributed by atoms with van der Waals surface area (Å²) in [6.45, 7) is 0. The zero-order chi connectivity index (χ0) is 26.6. The van der Waals surface area contributed by atoms with Crippen molar-refractivity contribution in [1.29, 1.82) is 0 Å². The minimum atomic E-state index is -0.766. The van der Waals surface area contributed by atoms with Crippen molar-refractivity contribution >= 4 is 33.4 Å². The number of halogens is 1. The van der Waals surface area contributed by atoms with Crippen molar-refractivity contribution < 1.29 is 16.8 Å². The van der Waals surface area contributed by atoms with Gasteiger partial charge in [-0.3, -0.25) is 9.78 Å². The highest BCUT2D eigenvalue weighted by molar-refractivity contribution is 9.10. The number of hydrogen-bond donors (Lipinski definition) is 2. The molecule has 1 aliphatic rings. The van der Waals surface area contributed by atoms with E-state index in [1.54, 1.807) is 24.5 Å². The number of anilines is 1. The number of nitrogens with zero attached hydrogens (tertiary/aromatic N) is 4. The molecule has 3 N–H and O–H groups in total. The largest absolute Gasteiger partial charge is 0.481 e. The molecule has 3 aromatic heterocycles. The zero-order valence-corrected chi connectivity index (χ0v) is 18.5. The molecule has 0 bridgehead atoms. The summed E-state index contributed by atoms with van der Waals surface area (Å²) in [6, 6.07) is 1.41. The van der Waals surface area contributed by atoms with Crippen molar-refractivity contribution in [2.24, 2.45) is 5.92 Å². The van der Waals surface area contributed by atoms with Gasteiger partial charge in [-0.25, -0.2) is 4.98 Å². The maximum Gasteiger partial charge on any atom is 0.306 e. The van der Waals surface area contributed by atoms with Gasteiger partial charge in [0.05, 0.1) is 34.8 Å². The van der Waals surface area contributed by atoms with Gasteiger partial charge in [0.2, 0.25) is 0 Å². The highest BCUT2D eigenvalue weighted by atomic mass is 79.9. The van der Waals surface area contributed by atoms with Crippen molar-refractivity contribution in [3.05, 3.63) is 64.9 Å². The summed E-state index contributed by atoms with van der Waals surface area (Å²) in [4.78, 5) is 20.6. The Morgan fingerprint density at radius 1 is 1.12 bits per heavy atom. The van der Waals surface area contributed by atoms with Crippen LogP contribution in [-0.4, -0.2) is 30.7 Å². The smallest absolute Gasteiger partial charge is 0.306 e. The number of aromatic nitrogens is 4. The topological polar surface area (TPSA) is 106 Å². The lowest BCUT2D eigenvalue weighted by molar-refractivity contribution is -0.142. The maximum absolute atomic E-state index is 11.3. The summed E-state index contributed by atoms with van der Waals surface area (Å²) in [7, 11) is 0. The normalized spacial score (nSPS) is 20.8. The van der Waals surface area contributed by atoms with Crippen LogP contribution in [0, 0.1) is 5.92 Å². The van der Waals surface area contributed by atoms with E-state index >= 15 is 0 Å². The summed E-state index contributed by atoms with van der Waals surface area (Å²) in [6.07, 6.45) is 5.70. The first kappa shape index (κ1) is 15.5. The van der Waals surface area contributed by atoms with Crippen molar-refractivity contribution in [2.45, 2.75) is 31.6 Å². The number of carboxylic acid groups (broad SMARTS) is 1. The van der Waals surface area contributed by atoms with Crippen LogP contribution in [-0.2, 0) is 4.79 Å². The van der Waals surface area contributed by atoms with Gasteiger partial charge < -0.3 is 10.8 Å². The lowest BCUT2D eigenvalue weighted by atomic mass is 9.80. The number of aliphatic carboxylic acids is 1. The van der Waals surface area contributed by atoms with E-state index in [9.17, 15) is 9.90 Å². The molecule has 0 aliphatic heterocycles. The first-order valence-electron chi connectivity index (χ1n) is 12.7. The molecule has 8 heteroatoms. The van der Waals surface area contributed by atoms with Gasteiger partial charge in [-0.05, 0) is 47.7 Å². The predicted octanol–water partition coefficient (Wildman–Crippen LogP) is 5.16. The minimum Gasteiger partial charge on any atom is -0.481 e. The molecule has 0 spiro atoms. The van der Waals surface area contributed by atoms with Gasteiger partial charge in [0.15, 0.2) is 5.65 Å². The summed E-state index contributed by atoms with van der Waals surface area (Å²) in [5.74, 6) is -0.660. The van der Waals surface area contributed by atoms with Crippen molar-refractivity contribution in [2.75, 3.05) is 5.73 Å². The number of carboxylic acids is 1. The lowest BCUT2D eigenvalue weighted by Crippen LogP contribution is -2.21. The fourth-order valence-electron chi connectivity index (χ4n) is 4.18. The number of fused-ring (bicyclic) bond motifs is 1. The molecule has 3 heterocycles. The highest BCUT2D eigenvalue weighted by Gasteiger charge is 2.30. The van der Waals surface area contributed by atoms with Gasteiger partial charge in [0, 0.05) is 28.8 Å². The number of carbonyl (C=O) groups is 1. The Morgan fingerprint density at radius 3 is 2.53 bits per heavy atom. The second-order valence-corrected chi connectivity index (χ2v) is 8.60. The van der Waals surface area contributed by atoms with Crippen LogP contribution in [0.15, 0.2) is 59.2 Å². The molecule has 0 saturated heterocycles. The van der Waals surface area contributed by atoms with Crippen LogP contribution in [0.2, 0.25) is 0 Å². The first-order chi connectivity index (χ1) is 17.6. The Hall–Kier alpha value is -3.26. The number of nitrogens with two attached hydrogens (primary N) is 1. The molecule has 1 aliphatic carbocycles. The van der Waals surface area contributed by atoms with Crippen molar-refractivity contribution in [3.8, 4) is 22.4 Å². The molecule has 0 amide bonds. The average molecular weight is 497 g/mol. The molecule has 0 unspecified atom stereocenters. The molecule has 162 valence electrons. The number of rotatable bonds is 4. The van der Waals surface area contributed by atoms with Gasteiger partial charge in [0.25, 0.3) is 0 Å². The average Bonchev–Trinajstić information content (AvgIpc) is 3.33. The number of nitrogen functional groups attached to an aromatic ring is 1. The van der Waals surface area contributed by atoms with Crippen LogP contribution in [0.1, 0.15) is 44.1 Å². The van der Waals surface area contributed by atoms with Gasteiger partial charge in [0.1, 0.15) is 5.82 Å². The van der Waals surface area contributed by atoms with Crippen LogP contribution < -0.4 is 5.73 Å². The fourth-order valence-corrected chi connectivity index (χ4v) is 4.76. The van der Waals surface area contributed by atoms with E-state index in [-0.39, 0.29) is 35.2 Å². The molecule has 4 aromatic rings. The van der Waals surface area contributed by atoms with Gasteiger partial charge in [-0.2, -0.15) is 9.61 Å². The highest BCUT2D eigenvalue weighted by Crippen LogP contribution is 2.40. The Balaban J connectivity index is 1.53. The lowest BCUT2D eigenvalue weighted by Gasteiger charge is -2.26. The van der Waals surface area contributed by atoms with Crippen molar-refractivity contribution in [1.82, 2.24) is 19.6 Å². The molecular weight excluding hydrogens is 470 g/mol. The fraction of sp³-hybridized carbons (Fsp3) is 0.250. The van der Waals surface area contributed by atoms with E-state index in [4.69, 9.17) is 17.6 Å². The monoisotopic (exact) mass is 496 g/mol. The molecule has 1 fully saturated rings. The van der Waals surface area contributed by atoms with Crippen LogP contribution in [0.25, 0.3) is 28.0 Å². The van der Waals surface area contributed by atoms with E-state index in [1.165, 1.54) is 4.52 Å². The summed E-state index contributed by atoms with van der Waals surface area (Å²) in [5, 5.41) is 13.7. The second-order valence-electron chi connectivity index (χ2n) is 7.81. The Bertz CT molecular complexity index is 1520. The van der Waals surface area contributed by atoms with E-state index < -0.39 is 24.1 Å². The maximum atomic E-state index is 11.3.